The van der Waals surface area contributed by atoms with Crippen molar-refractivity contribution < 1.29 is 72.7 Å². The van der Waals surface area contributed by atoms with Crippen LogP contribution in [0.15, 0.2) is 6.20 Å². The van der Waals surface area contributed by atoms with Crippen LogP contribution in [0.4, 0.5) is 0 Å². The van der Waals surface area contributed by atoms with Gasteiger partial charge in [-0.15, -0.1) is 6.42 Å². The van der Waals surface area contributed by atoms with Gasteiger partial charge >= 0.3 is 21.1 Å². The average molecular weight is 819 g/mol. The maximum atomic E-state index is 10.8. The van der Waals surface area contributed by atoms with Crippen molar-refractivity contribution in [2.24, 2.45) is 5.41 Å². The third-order valence-electron chi connectivity index (χ3n) is 2.32. The molecule has 0 aromatic carbocycles. The van der Waals surface area contributed by atoms with Crippen LogP contribution in [0.3, 0.4) is 0 Å². The van der Waals surface area contributed by atoms with Crippen LogP contribution in [0.1, 0.15) is 39.8 Å². The molecular formula is C14H25N3O2W3. The van der Waals surface area contributed by atoms with Gasteiger partial charge in [-0.3, -0.25) is 0 Å². The molecule has 126 valence electrons. The zero-order chi connectivity index (χ0) is 14.9. The summed E-state index contributed by atoms with van der Waals surface area (Å²) in [7, 11) is 0. The number of hydrogen-bond acceptors (Lipinski definition) is 4. The molecule has 0 amide bonds. The van der Waals surface area contributed by atoms with E-state index in [2.05, 4.69) is 24.2 Å². The minimum atomic E-state index is -0.193. The molecule has 5 nitrogen and oxygen atoms in total. The van der Waals surface area contributed by atoms with E-state index >= 15 is 0 Å². The summed E-state index contributed by atoms with van der Waals surface area (Å²) in [5.74, 6) is 0.220. The van der Waals surface area contributed by atoms with Gasteiger partial charge in [0.25, 0.3) is 0 Å². The van der Waals surface area contributed by atoms with Crippen LogP contribution in [0.5, 0.6) is 0 Å². The summed E-state index contributed by atoms with van der Waals surface area (Å²) >= 11 is 0. The van der Waals surface area contributed by atoms with Gasteiger partial charge in [-0.25, -0.2) is 6.92 Å². The molecule has 0 N–H and O–H groups in total. The van der Waals surface area contributed by atoms with Gasteiger partial charge in [0.15, 0.2) is 0 Å². The number of aromatic nitrogens is 3. The molecule has 0 spiro atoms. The van der Waals surface area contributed by atoms with Gasteiger partial charge in [0.05, 0.1) is 6.61 Å². The Morgan fingerprint density at radius 3 is 2.18 bits per heavy atom. The summed E-state index contributed by atoms with van der Waals surface area (Å²) in [6, 6.07) is 0. The van der Waals surface area contributed by atoms with Crippen molar-refractivity contribution in [3.63, 3.8) is 0 Å². The van der Waals surface area contributed by atoms with Gasteiger partial charge in [0.1, 0.15) is 5.78 Å². The van der Waals surface area contributed by atoms with E-state index in [-0.39, 0.29) is 74.4 Å². The van der Waals surface area contributed by atoms with Crippen LogP contribution in [0.2, 0.25) is 0 Å². The van der Waals surface area contributed by atoms with E-state index in [0.717, 1.165) is 13.2 Å². The second-order valence-corrected chi connectivity index (χ2v) is 5.09. The second kappa shape index (κ2) is 16.6. The predicted octanol–water partition coefficient (Wildman–Crippen LogP) is 2.32. The summed E-state index contributed by atoms with van der Waals surface area (Å²) in [6.45, 7) is 17.0. The molecule has 1 aromatic heterocycles. The first kappa shape index (κ1) is 30.6. The Kier molecular flexibility index (Phi) is 23.0. The van der Waals surface area contributed by atoms with Gasteiger partial charge in [-0.2, -0.15) is 5.10 Å². The second-order valence-electron chi connectivity index (χ2n) is 5.09. The van der Waals surface area contributed by atoms with Crippen LogP contribution >= 0.6 is 0 Å². The van der Waals surface area contributed by atoms with E-state index in [4.69, 9.17) is 4.74 Å². The number of carbonyl (C=O) groups excluding carboxylic acids is 1. The molecule has 0 aliphatic heterocycles. The fraction of sp³-hybridized carbons (Fsp3) is 0.643. The number of hydrogen-bond donors (Lipinski definition) is 0. The van der Waals surface area contributed by atoms with E-state index in [1.807, 2.05) is 27.7 Å². The Balaban J connectivity index is -0.000000135. The molecule has 0 radical (unpaired) electrons. The molecule has 0 atom stereocenters. The number of ketones is 1. The van der Waals surface area contributed by atoms with Gasteiger partial charge in [-0.05, 0) is 6.92 Å². The van der Waals surface area contributed by atoms with Gasteiger partial charge < -0.3 is 21.1 Å². The Morgan fingerprint density at radius 2 is 1.91 bits per heavy atom. The first-order chi connectivity index (χ1) is 8.81. The van der Waals surface area contributed by atoms with Gasteiger partial charge in [0, 0.05) is 60.7 Å². The van der Waals surface area contributed by atoms with Crippen LogP contribution in [0.25, 0.3) is 0 Å². The minimum absolute atomic E-state index is 0. The molecule has 1 heterocycles. The number of nitrogens with zero attached hydrogens (tertiary/aromatic N) is 3. The van der Waals surface area contributed by atoms with E-state index in [1.165, 1.54) is 0 Å². The molecule has 0 bridgehead atoms. The Morgan fingerprint density at radius 1 is 1.36 bits per heavy atom. The molecule has 0 fully saturated rings. The fourth-order valence-corrected chi connectivity index (χ4v) is 1.13. The van der Waals surface area contributed by atoms with Crippen molar-refractivity contribution in [1.82, 2.24) is 15.0 Å². The summed E-state index contributed by atoms with van der Waals surface area (Å²) in [5.41, 5.74) is 0.503. The maximum absolute atomic E-state index is 10.8. The average Bonchev–Trinajstić information content (AvgIpc) is 2.74. The number of rotatable bonds is 5. The first-order valence-corrected chi connectivity index (χ1v) is 6.43. The molecule has 1 aromatic rings. The Labute approximate surface area is 177 Å². The molecule has 0 saturated heterocycles. The smallest absolute Gasteiger partial charge is 0.380 e. The van der Waals surface area contributed by atoms with E-state index < -0.39 is 0 Å². The van der Waals surface area contributed by atoms with Crippen LogP contribution < -0.4 is 0 Å². The minimum Gasteiger partial charge on any atom is -0.380 e. The number of ether oxygens (including phenoxy) is 1. The fourth-order valence-electron chi connectivity index (χ4n) is 1.13. The van der Waals surface area contributed by atoms with Crippen LogP contribution in [0, 0.1) is 19.3 Å². The zero-order valence-corrected chi connectivity index (χ0v) is 22.5. The third-order valence-corrected chi connectivity index (χ3v) is 2.32. The van der Waals surface area contributed by atoms with Gasteiger partial charge in [0.2, 0.25) is 0 Å². The topological polar surface area (TPSA) is 57.0 Å². The van der Waals surface area contributed by atoms with Crippen molar-refractivity contribution in [2.75, 3.05) is 13.2 Å². The largest absolute Gasteiger partial charge is 2.00 e. The molecule has 0 unspecified atom stereocenters. The molecule has 0 saturated carbocycles. The number of Topliss-reactive ketones (excluding diaryl/α,β-unsaturated/α-hetero) is 1. The normalized spacial score (nSPS) is 9.32. The van der Waals surface area contributed by atoms with E-state index in [1.54, 1.807) is 10.9 Å². The summed E-state index contributed by atoms with van der Waals surface area (Å²) < 4.78 is 6.86. The van der Waals surface area contributed by atoms with Crippen molar-refractivity contribution in [3.05, 3.63) is 25.7 Å². The predicted molar refractivity (Wildman–Crippen MR) is 75.4 cm³/mol. The molecule has 0 aliphatic carbocycles. The molecule has 1 rings (SSSR count). The van der Waals surface area contributed by atoms with Gasteiger partial charge in [-0.1, -0.05) is 37.9 Å². The van der Waals surface area contributed by atoms with Crippen LogP contribution in [-0.2, 0) is 79.3 Å². The van der Waals surface area contributed by atoms with E-state index in [9.17, 15) is 4.79 Å². The Hall–Kier alpha value is 0.705. The monoisotopic (exact) mass is 819 g/mol. The summed E-state index contributed by atoms with van der Waals surface area (Å²) in [5, 5.41) is 7.55. The first-order valence-electron chi connectivity index (χ1n) is 6.43. The van der Waals surface area contributed by atoms with Crippen molar-refractivity contribution in [1.29, 1.82) is 0 Å². The van der Waals surface area contributed by atoms with E-state index in [0.29, 0.717) is 18.7 Å². The molecule has 0 aliphatic rings. The SMILES string of the molecule is [CH2-]CC(=O)C(C)(C)C.[CH2-]c1cn(CCOCC)nn1.[W+2].[W].[W]. The quantitative estimate of drug-likeness (QED) is 0.339. The molecule has 22 heavy (non-hydrogen) atoms. The summed E-state index contributed by atoms with van der Waals surface area (Å²) in [4.78, 5) is 10.8. The maximum Gasteiger partial charge on any atom is 2.00 e. The molecule has 8 heteroatoms. The Bertz CT molecular complexity index is 380. The van der Waals surface area contributed by atoms with Crippen LogP contribution in [-0.4, -0.2) is 34.0 Å². The van der Waals surface area contributed by atoms with Crippen molar-refractivity contribution in [2.45, 2.75) is 40.7 Å². The van der Waals surface area contributed by atoms with Crippen molar-refractivity contribution >= 4 is 5.78 Å². The standard InChI is InChI=1S/C7H12N3O.C7H13O.3W/c1-3-11-5-4-10-6-7(2)8-9-10;1-5-6(8)7(2,3)4;;;/h6H,2-5H2,1H3;1,5H2,2-4H3;;;/q2*-1;;;+2. The zero-order valence-electron chi connectivity index (χ0n) is 13.7. The third kappa shape index (κ3) is 15.6. The van der Waals surface area contributed by atoms with Crippen molar-refractivity contribution in [3.8, 4) is 0 Å². The molecular weight excluding hydrogens is 794 g/mol. The number of carbonyl (C=O) groups is 1. The summed E-state index contributed by atoms with van der Waals surface area (Å²) in [6.07, 6.45) is 2.20.